The maximum atomic E-state index is 13.1. The number of nitrogens with zero attached hydrogens (tertiary/aromatic N) is 2. The molecule has 0 atom stereocenters. The molecule has 0 saturated heterocycles. The van der Waals surface area contributed by atoms with Crippen LogP contribution in [0.3, 0.4) is 0 Å². The predicted octanol–water partition coefficient (Wildman–Crippen LogP) is 3.95. The molecule has 0 spiro atoms. The molecule has 5 rings (SSSR count). The maximum absolute atomic E-state index is 13.1. The zero-order valence-electron chi connectivity index (χ0n) is 18.9. The van der Waals surface area contributed by atoms with Crippen molar-refractivity contribution in [3.8, 4) is 0 Å². The van der Waals surface area contributed by atoms with E-state index in [2.05, 4.69) is 10.2 Å². The Kier molecular flexibility index (Phi) is 6.92. The van der Waals surface area contributed by atoms with Crippen LogP contribution in [-0.2, 0) is 16.1 Å². The zero-order chi connectivity index (χ0) is 22.0. The van der Waals surface area contributed by atoms with Crippen LogP contribution in [0.2, 0.25) is 5.02 Å². The van der Waals surface area contributed by atoms with Crippen molar-refractivity contribution in [2.45, 2.75) is 51.5 Å². The number of amides is 2. The highest BCUT2D eigenvalue weighted by atomic mass is 35.5. The second-order valence-corrected chi connectivity index (χ2v) is 10.9. The van der Waals surface area contributed by atoms with Gasteiger partial charge in [0.25, 0.3) is 0 Å². The lowest BCUT2D eigenvalue weighted by atomic mass is 9.49. The highest BCUT2D eigenvalue weighted by Gasteiger charge is 2.54. The molecule has 2 amide bonds. The number of likely N-dealkylation sites (N-methyl/N-ethyl adjacent to an activating group) is 1. The number of halogens is 1. The SMILES string of the molecule is CN(C)CCN(Cc1ccc(Cl)cc1)C(=O)CCNC(=O)C12CC3CC(CC(C3)C1)C2. The van der Waals surface area contributed by atoms with Gasteiger partial charge in [-0.3, -0.25) is 9.59 Å². The first-order valence-electron chi connectivity index (χ1n) is 11.8. The Labute approximate surface area is 191 Å². The number of hydrogen-bond acceptors (Lipinski definition) is 3. The first-order chi connectivity index (χ1) is 14.8. The Balaban J connectivity index is 1.30. The van der Waals surface area contributed by atoms with Crippen LogP contribution in [0.15, 0.2) is 24.3 Å². The lowest BCUT2D eigenvalue weighted by Crippen LogP contribution is -2.53. The van der Waals surface area contributed by atoms with E-state index >= 15 is 0 Å². The van der Waals surface area contributed by atoms with Crippen LogP contribution in [0.1, 0.15) is 50.5 Å². The van der Waals surface area contributed by atoms with Crippen LogP contribution in [0.5, 0.6) is 0 Å². The summed E-state index contributed by atoms with van der Waals surface area (Å²) in [6.07, 6.45) is 7.52. The van der Waals surface area contributed by atoms with Crippen molar-refractivity contribution in [3.63, 3.8) is 0 Å². The standard InChI is InChI=1S/C25H36ClN3O2/c1-28(2)9-10-29(17-18-3-5-22(26)6-4-18)23(30)7-8-27-24(31)25-14-19-11-20(15-25)13-21(12-19)16-25/h3-6,19-21H,7-17H2,1-2H3,(H,27,31). The van der Waals surface area contributed by atoms with E-state index in [1.54, 1.807) is 0 Å². The van der Waals surface area contributed by atoms with Gasteiger partial charge in [0, 0.05) is 43.0 Å². The molecule has 0 unspecified atom stereocenters. The minimum absolute atomic E-state index is 0.0858. The fraction of sp³-hybridized carbons (Fsp3) is 0.680. The average Bonchev–Trinajstić information content (AvgIpc) is 2.71. The van der Waals surface area contributed by atoms with Gasteiger partial charge in [-0.15, -0.1) is 0 Å². The molecule has 0 aromatic heterocycles. The molecule has 4 bridgehead atoms. The van der Waals surface area contributed by atoms with Gasteiger partial charge in [0.15, 0.2) is 0 Å². The average molecular weight is 446 g/mol. The highest BCUT2D eigenvalue weighted by Crippen LogP contribution is 2.60. The van der Waals surface area contributed by atoms with Crippen molar-refractivity contribution in [1.82, 2.24) is 15.1 Å². The third kappa shape index (κ3) is 5.43. The monoisotopic (exact) mass is 445 g/mol. The van der Waals surface area contributed by atoms with E-state index in [0.717, 1.165) is 49.1 Å². The van der Waals surface area contributed by atoms with Crippen LogP contribution < -0.4 is 5.32 Å². The van der Waals surface area contributed by atoms with Crippen molar-refractivity contribution < 1.29 is 9.59 Å². The Morgan fingerprint density at radius 1 is 1.00 bits per heavy atom. The van der Waals surface area contributed by atoms with Gasteiger partial charge in [0.2, 0.25) is 11.8 Å². The van der Waals surface area contributed by atoms with Crippen LogP contribution >= 0.6 is 11.6 Å². The molecule has 4 saturated carbocycles. The van der Waals surface area contributed by atoms with E-state index in [-0.39, 0.29) is 17.2 Å². The van der Waals surface area contributed by atoms with Gasteiger partial charge >= 0.3 is 0 Å². The fourth-order valence-electron chi connectivity index (χ4n) is 6.44. The fourth-order valence-corrected chi connectivity index (χ4v) is 6.57. The Bertz CT molecular complexity index is 757. The van der Waals surface area contributed by atoms with E-state index < -0.39 is 0 Å². The quantitative estimate of drug-likeness (QED) is 0.626. The lowest BCUT2D eigenvalue weighted by molar-refractivity contribution is -0.146. The van der Waals surface area contributed by atoms with Gasteiger partial charge in [-0.05, 0) is 88.1 Å². The minimum atomic E-state index is -0.147. The molecule has 0 aliphatic heterocycles. The number of carbonyl (C=O) groups is 2. The summed E-state index contributed by atoms with van der Waals surface area (Å²) < 4.78 is 0. The third-order valence-electron chi connectivity index (χ3n) is 7.60. The number of carbonyl (C=O) groups excluding carboxylic acids is 2. The van der Waals surface area contributed by atoms with E-state index in [9.17, 15) is 9.59 Å². The Morgan fingerprint density at radius 2 is 1.58 bits per heavy atom. The predicted molar refractivity (Wildman–Crippen MR) is 124 cm³/mol. The maximum Gasteiger partial charge on any atom is 0.226 e. The van der Waals surface area contributed by atoms with Crippen molar-refractivity contribution in [3.05, 3.63) is 34.9 Å². The van der Waals surface area contributed by atoms with Crippen molar-refractivity contribution >= 4 is 23.4 Å². The molecule has 4 fully saturated rings. The van der Waals surface area contributed by atoms with E-state index in [1.165, 1.54) is 19.3 Å². The van der Waals surface area contributed by atoms with E-state index in [1.807, 2.05) is 43.3 Å². The molecular weight excluding hydrogens is 410 g/mol. The summed E-state index contributed by atoms with van der Waals surface area (Å²) in [4.78, 5) is 30.1. The third-order valence-corrected chi connectivity index (χ3v) is 7.85. The molecule has 0 radical (unpaired) electrons. The van der Waals surface area contributed by atoms with Crippen molar-refractivity contribution in [2.24, 2.45) is 23.2 Å². The lowest BCUT2D eigenvalue weighted by Gasteiger charge is -2.55. The summed E-state index contributed by atoms with van der Waals surface area (Å²) in [6.45, 7) is 2.46. The zero-order valence-corrected chi connectivity index (χ0v) is 19.7. The molecule has 6 heteroatoms. The summed E-state index contributed by atoms with van der Waals surface area (Å²) >= 11 is 6.00. The Morgan fingerprint density at radius 3 is 2.13 bits per heavy atom. The van der Waals surface area contributed by atoms with Gasteiger partial charge in [-0.2, -0.15) is 0 Å². The molecule has 1 aromatic carbocycles. The molecule has 170 valence electrons. The normalized spacial score (nSPS) is 28.7. The molecule has 4 aliphatic carbocycles. The number of hydrogen-bond donors (Lipinski definition) is 1. The van der Waals surface area contributed by atoms with Crippen molar-refractivity contribution in [1.29, 1.82) is 0 Å². The van der Waals surface area contributed by atoms with Gasteiger partial charge in [-0.25, -0.2) is 0 Å². The summed E-state index contributed by atoms with van der Waals surface area (Å²) in [5.74, 6) is 2.54. The molecule has 5 nitrogen and oxygen atoms in total. The van der Waals surface area contributed by atoms with Gasteiger partial charge in [0.1, 0.15) is 0 Å². The second kappa shape index (κ2) is 9.50. The Hall–Kier alpha value is -1.59. The summed E-state index contributed by atoms with van der Waals surface area (Å²) in [7, 11) is 4.02. The smallest absolute Gasteiger partial charge is 0.226 e. The molecular formula is C25H36ClN3O2. The van der Waals surface area contributed by atoms with E-state index in [0.29, 0.717) is 31.1 Å². The number of benzene rings is 1. The topological polar surface area (TPSA) is 52.6 Å². The molecule has 1 N–H and O–H groups in total. The van der Waals surface area contributed by atoms with Crippen LogP contribution in [0.25, 0.3) is 0 Å². The second-order valence-electron chi connectivity index (χ2n) is 10.4. The summed E-state index contributed by atoms with van der Waals surface area (Å²) in [6, 6.07) is 7.65. The minimum Gasteiger partial charge on any atom is -0.355 e. The van der Waals surface area contributed by atoms with Gasteiger partial charge in [0.05, 0.1) is 0 Å². The number of rotatable bonds is 9. The number of nitrogens with one attached hydrogen (secondary N) is 1. The summed E-state index contributed by atoms with van der Waals surface area (Å²) in [5.41, 5.74) is 0.917. The van der Waals surface area contributed by atoms with Gasteiger partial charge < -0.3 is 15.1 Å². The molecule has 0 heterocycles. The largest absolute Gasteiger partial charge is 0.355 e. The molecule has 1 aromatic rings. The molecule has 4 aliphatic rings. The first kappa shape index (κ1) is 22.6. The highest BCUT2D eigenvalue weighted by molar-refractivity contribution is 6.30. The molecule has 31 heavy (non-hydrogen) atoms. The van der Waals surface area contributed by atoms with Crippen LogP contribution in [0, 0.1) is 23.2 Å². The summed E-state index contributed by atoms with van der Waals surface area (Å²) in [5, 5.41) is 3.84. The van der Waals surface area contributed by atoms with Gasteiger partial charge in [-0.1, -0.05) is 23.7 Å². The van der Waals surface area contributed by atoms with Crippen LogP contribution in [0.4, 0.5) is 0 Å². The van der Waals surface area contributed by atoms with Crippen molar-refractivity contribution in [2.75, 3.05) is 33.7 Å². The first-order valence-corrected chi connectivity index (χ1v) is 12.2. The van der Waals surface area contributed by atoms with E-state index in [4.69, 9.17) is 11.6 Å². The van der Waals surface area contributed by atoms with Crippen LogP contribution in [-0.4, -0.2) is 55.3 Å².